The van der Waals surface area contributed by atoms with E-state index in [0.29, 0.717) is 19.2 Å². The number of hydrogen-bond acceptors (Lipinski definition) is 6. The predicted octanol–water partition coefficient (Wildman–Crippen LogP) is 4.51. The van der Waals surface area contributed by atoms with Crippen LogP contribution in [0.2, 0.25) is 0 Å². The van der Waals surface area contributed by atoms with Crippen LogP contribution in [-0.4, -0.2) is 55.8 Å². The summed E-state index contributed by atoms with van der Waals surface area (Å²) in [6, 6.07) is 14.5. The van der Waals surface area contributed by atoms with E-state index in [1.54, 1.807) is 4.68 Å². The van der Waals surface area contributed by atoms with Crippen LogP contribution in [0.3, 0.4) is 0 Å². The third-order valence-electron chi connectivity index (χ3n) is 6.86. The van der Waals surface area contributed by atoms with Crippen molar-refractivity contribution in [2.45, 2.75) is 6.92 Å². The second-order valence-electron chi connectivity index (χ2n) is 9.32. The van der Waals surface area contributed by atoms with E-state index in [0.717, 1.165) is 52.3 Å². The zero-order chi connectivity index (χ0) is 24.2. The molecule has 8 nitrogen and oxygen atoms in total. The Morgan fingerprint density at radius 2 is 1.69 bits per heavy atom. The molecule has 3 aromatic heterocycles. The van der Waals surface area contributed by atoms with Gasteiger partial charge in [0, 0.05) is 43.7 Å². The molecule has 1 fully saturated rings. The van der Waals surface area contributed by atoms with E-state index in [9.17, 15) is 0 Å². The van der Waals surface area contributed by atoms with Gasteiger partial charge < -0.3 is 9.64 Å². The molecule has 178 valence electrons. The highest BCUT2D eigenvalue weighted by Crippen LogP contribution is 2.42. The van der Waals surface area contributed by atoms with E-state index in [2.05, 4.69) is 59.4 Å². The Kier molecular flexibility index (Phi) is 4.75. The van der Waals surface area contributed by atoms with Crippen molar-refractivity contribution in [1.29, 1.82) is 0 Å². The van der Waals surface area contributed by atoms with Crippen molar-refractivity contribution in [3.05, 3.63) is 71.5 Å². The summed E-state index contributed by atoms with van der Waals surface area (Å²) in [5.41, 5.74) is 8.43. The third kappa shape index (κ3) is 3.41. The van der Waals surface area contributed by atoms with E-state index in [-0.39, 0.29) is 0 Å². The zero-order valence-electron chi connectivity index (χ0n) is 20.2. The molecule has 0 bridgehead atoms. The maximum absolute atomic E-state index is 5.63. The Bertz CT molecular complexity index is 1660. The number of aryl methyl sites for hydroxylation is 2. The Hall–Kier alpha value is -4.30. The van der Waals surface area contributed by atoms with Crippen LogP contribution in [0.1, 0.15) is 16.7 Å². The molecular formula is C28H25N7O. The van der Waals surface area contributed by atoms with Crippen molar-refractivity contribution in [2.75, 3.05) is 31.2 Å². The highest BCUT2D eigenvalue weighted by atomic mass is 16.5. The van der Waals surface area contributed by atoms with Crippen molar-refractivity contribution in [3.63, 3.8) is 0 Å². The summed E-state index contributed by atoms with van der Waals surface area (Å²) in [4.78, 5) is 12.4. The lowest BCUT2D eigenvalue weighted by Crippen LogP contribution is -2.37. The molecule has 0 atom stereocenters. The predicted molar refractivity (Wildman–Crippen MR) is 141 cm³/mol. The van der Waals surface area contributed by atoms with Crippen LogP contribution >= 0.6 is 0 Å². The van der Waals surface area contributed by atoms with Gasteiger partial charge in [-0.25, -0.2) is 9.67 Å². The molecule has 1 aliphatic carbocycles. The number of anilines is 1. The summed E-state index contributed by atoms with van der Waals surface area (Å²) in [7, 11) is 1.94. The first-order valence-corrected chi connectivity index (χ1v) is 12.2. The fourth-order valence-electron chi connectivity index (χ4n) is 5.00. The molecule has 7 rings (SSSR count). The van der Waals surface area contributed by atoms with Gasteiger partial charge in [0.2, 0.25) is 0 Å². The van der Waals surface area contributed by atoms with E-state index in [4.69, 9.17) is 19.8 Å². The fourth-order valence-corrected chi connectivity index (χ4v) is 5.00. The van der Waals surface area contributed by atoms with Gasteiger partial charge in [-0.15, -0.1) is 0 Å². The van der Waals surface area contributed by atoms with Crippen LogP contribution in [0.15, 0.2) is 54.9 Å². The normalized spacial score (nSPS) is 14.8. The van der Waals surface area contributed by atoms with Gasteiger partial charge in [-0.05, 0) is 42.3 Å². The lowest BCUT2D eigenvalue weighted by molar-refractivity contribution is 0.122. The molecule has 0 amide bonds. The van der Waals surface area contributed by atoms with Gasteiger partial charge in [0.25, 0.3) is 5.95 Å². The number of fused-ring (bicyclic) bond motifs is 3. The molecule has 0 unspecified atom stereocenters. The lowest BCUT2D eigenvalue weighted by Gasteiger charge is -2.30. The number of ether oxygens (including phenoxy) is 1. The Balaban J connectivity index is 1.42. The summed E-state index contributed by atoms with van der Waals surface area (Å²) in [5, 5.41) is 10.6. The van der Waals surface area contributed by atoms with Crippen LogP contribution in [0.4, 0.5) is 5.82 Å². The maximum atomic E-state index is 5.63. The minimum Gasteiger partial charge on any atom is -0.378 e. The minimum absolute atomic E-state index is 0.554. The average molecular weight is 476 g/mol. The van der Waals surface area contributed by atoms with Crippen LogP contribution < -0.4 is 4.90 Å². The summed E-state index contributed by atoms with van der Waals surface area (Å²) in [6.07, 6.45) is 8.20. The molecule has 2 aromatic carbocycles. The highest BCUT2D eigenvalue weighted by Gasteiger charge is 2.25. The highest BCUT2D eigenvalue weighted by molar-refractivity contribution is 6.10. The van der Waals surface area contributed by atoms with Gasteiger partial charge >= 0.3 is 0 Å². The maximum Gasteiger partial charge on any atom is 0.253 e. The molecule has 36 heavy (non-hydrogen) atoms. The minimum atomic E-state index is 0.554. The molecule has 5 aromatic rings. The second kappa shape index (κ2) is 8.13. The van der Waals surface area contributed by atoms with Crippen molar-refractivity contribution in [2.24, 2.45) is 7.05 Å². The smallest absolute Gasteiger partial charge is 0.253 e. The zero-order valence-corrected chi connectivity index (χ0v) is 20.2. The molecule has 0 saturated carbocycles. The van der Waals surface area contributed by atoms with E-state index >= 15 is 0 Å². The first kappa shape index (κ1) is 21.0. The molecule has 1 aliphatic heterocycles. The average Bonchev–Trinajstić information content (AvgIpc) is 3.53. The number of rotatable bonds is 4. The number of hydrogen-bond donors (Lipinski definition) is 0. The van der Waals surface area contributed by atoms with E-state index in [1.165, 1.54) is 16.7 Å². The standard InChI is InChI=1S/C28H25N7O/c1-18-4-3-5-19(16-18)23-9-11-35(32-23)28-29-25-17-22(24-8-10-33(2)31-24)20-6-7-21(20)26(25)27(30-28)34-12-14-36-15-13-34/h3-11,16-17H,12-15H2,1-2H3. The SMILES string of the molecule is Cc1cccc(-c2ccn(-c3nc(N4CCOCC4)c4c5c(c(-c6ccn(C)n6)cc4n3)C=C5)n2)c1. The van der Waals surface area contributed by atoms with Gasteiger partial charge in [0.1, 0.15) is 5.82 Å². The molecule has 8 heteroatoms. The van der Waals surface area contributed by atoms with Gasteiger partial charge in [0.15, 0.2) is 0 Å². The van der Waals surface area contributed by atoms with Gasteiger partial charge in [-0.3, -0.25) is 4.68 Å². The van der Waals surface area contributed by atoms with Crippen LogP contribution in [0.25, 0.3) is 51.5 Å². The Labute approximate surface area is 208 Å². The topological polar surface area (TPSA) is 73.9 Å². The number of aromatic nitrogens is 6. The number of morpholine rings is 1. The van der Waals surface area contributed by atoms with Gasteiger partial charge in [-0.1, -0.05) is 35.9 Å². The van der Waals surface area contributed by atoms with Crippen molar-refractivity contribution in [3.8, 4) is 28.5 Å². The summed E-state index contributed by atoms with van der Waals surface area (Å²) < 4.78 is 9.23. The van der Waals surface area contributed by atoms with Crippen molar-refractivity contribution >= 4 is 28.9 Å². The molecule has 4 heterocycles. The molecule has 1 saturated heterocycles. The number of benzene rings is 2. The van der Waals surface area contributed by atoms with Crippen LogP contribution in [0, 0.1) is 6.92 Å². The van der Waals surface area contributed by atoms with E-state index < -0.39 is 0 Å². The van der Waals surface area contributed by atoms with E-state index in [1.807, 2.05) is 36.3 Å². The lowest BCUT2D eigenvalue weighted by atomic mass is 9.87. The monoisotopic (exact) mass is 475 g/mol. The molecule has 0 N–H and O–H groups in total. The van der Waals surface area contributed by atoms with Gasteiger partial charge in [-0.2, -0.15) is 15.2 Å². The molecule has 0 radical (unpaired) electrons. The first-order valence-electron chi connectivity index (χ1n) is 12.2. The first-order chi connectivity index (χ1) is 17.6. The Morgan fingerprint density at radius 3 is 2.44 bits per heavy atom. The molecule has 2 aliphatic rings. The fraction of sp³-hybridized carbons (Fsp3) is 0.214. The second-order valence-corrected chi connectivity index (χ2v) is 9.32. The quantitative estimate of drug-likeness (QED) is 0.374. The van der Waals surface area contributed by atoms with Gasteiger partial charge in [0.05, 0.1) is 35.5 Å². The Morgan fingerprint density at radius 1 is 0.861 bits per heavy atom. The third-order valence-corrected chi connectivity index (χ3v) is 6.86. The summed E-state index contributed by atoms with van der Waals surface area (Å²) in [6.45, 7) is 5.04. The van der Waals surface area contributed by atoms with Crippen molar-refractivity contribution < 1.29 is 4.74 Å². The van der Waals surface area contributed by atoms with Crippen LogP contribution in [0.5, 0.6) is 0 Å². The molecule has 0 spiro atoms. The summed E-state index contributed by atoms with van der Waals surface area (Å²) in [5.74, 6) is 1.48. The number of nitrogens with zero attached hydrogens (tertiary/aromatic N) is 7. The molecular weight excluding hydrogens is 450 g/mol. The van der Waals surface area contributed by atoms with Crippen molar-refractivity contribution in [1.82, 2.24) is 29.5 Å². The largest absolute Gasteiger partial charge is 0.378 e. The summed E-state index contributed by atoms with van der Waals surface area (Å²) >= 11 is 0. The van der Waals surface area contributed by atoms with Crippen LogP contribution in [-0.2, 0) is 11.8 Å².